The van der Waals surface area contributed by atoms with Crippen LogP contribution in [0, 0.1) is 10.8 Å². The van der Waals surface area contributed by atoms with Crippen molar-refractivity contribution in [1.29, 1.82) is 0 Å². The van der Waals surface area contributed by atoms with E-state index >= 15 is 0 Å². The van der Waals surface area contributed by atoms with Crippen LogP contribution in [-0.2, 0) is 0 Å². The molecule has 2 rings (SSSR count). The van der Waals surface area contributed by atoms with Crippen LogP contribution in [0.15, 0.2) is 47.6 Å². The largest absolute Gasteiger partial charge is 0.387 e. The van der Waals surface area contributed by atoms with Crippen LogP contribution in [-0.4, -0.2) is 31.9 Å². The van der Waals surface area contributed by atoms with Gasteiger partial charge in [0.2, 0.25) is 0 Å². The van der Waals surface area contributed by atoms with Crippen molar-refractivity contribution in [2.45, 2.75) is 77.1 Å². The molecule has 0 bridgehead atoms. The fourth-order valence-corrected chi connectivity index (χ4v) is 5.86. The molecule has 0 amide bonds. The van der Waals surface area contributed by atoms with Crippen molar-refractivity contribution in [2.75, 3.05) is 0 Å². The highest BCUT2D eigenvalue weighted by Gasteiger charge is 2.57. The van der Waals surface area contributed by atoms with Gasteiger partial charge in [0.15, 0.2) is 0 Å². The molecule has 0 aromatic carbocycles. The molecular formula is C22H34O2S. The van der Waals surface area contributed by atoms with E-state index in [-0.39, 0.29) is 10.8 Å². The molecule has 0 aromatic rings. The topological polar surface area (TPSA) is 40.5 Å². The molecule has 0 aliphatic heterocycles. The van der Waals surface area contributed by atoms with Crippen molar-refractivity contribution in [2.24, 2.45) is 10.8 Å². The zero-order valence-corrected chi connectivity index (χ0v) is 17.7. The highest BCUT2D eigenvalue weighted by molar-refractivity contribution is 8.02. The lowest BCUT2D eigenvalue weighted by molar-refractivity contribution is 0.111. The van der Waals surface area contributed by atoms with E-state index < -0.39 is 21.7 Å². The smallest absolute Gasteiger partial charge is 0.0911 e. The summed E-state index contributed by atoms with van der Waals surface area (Å²) in [4.78, 5) is 0. The molecule has 25 heavy (non-hydrogen) atoms. The minimum atomic E-state index is -0.604. The van der Waals surface area contributed by atoms with Crippen LogP contribution in [0.1, 0.15) is 55.4 Å². The number of hydrogen-bond donors (Lipinski definition) is 2. The Bertz CT molecular complexity index is 586. The summed E-state index contributed by atoms with van der Waals surface area (Å²) in [6.45, 7) is 17.2. The first kappa shape index (κ1) is 20.5. The molecule has 0 heterocycles. The molecule has 0 saturated heterocycles. The first-order valence-electron chi connectivity index (χ1n) is 9.07. The van der Waals surface area contributed by atoms with Crippen LogP contribution in [0.25, 0.3) is 0 Å². The molecule has 0 radical (unpaired) electrons. The van der Waals surface area contributed by atoms with Gasteiger partial charge in [-0.05, 0) is 24.7 Å². The Morgan fingerprint density at radius 1 is 0.760 bits per heavy atom. The molecule has 2 N–H and O–H groups in total. The number of aliphatic hydroxyl groups excluding tert-OH is 2. The van der Waals surface area contributed by atoms with Crippen molar-refractivity contribution >= 4 is 11.8 Å². The number of hydrogen-bond acceptors (Lipinski definition) is 3. The molecule has 4 atom stereocenters. The Hall–Kier alpha value is -0.770. The fourth-order valence-electron chi connectivity index (χ4n) is 3.80. The van der Waals surface area contributed by atoms with Crippen LogP contribution >= 0.6 is 11.8 Å². The summed E-state index contributed by atoms with van der Waals surface area (Å²) in [5.74, 6) is 0. The summed E-state index contributed by atoms with van der Waals surface area (Å²) in [5.41, 5.74) is 1.92. The molecule has 0 fully saturated rings. The summed E-state index contributed by atoms with van der Waals surface area (Å²) in [7, 11) is 0. The molecule has 2 nitrogen and oxygen atoms in total. The van der Waals surface area contributed by atoms with Gasteiger partial charge in [-0.3, -0.25) is 0 Å². The molecule has 2 aliphatic rings. The predicted octanol–water partition coefficient (Wildman–Crippen LogP) is 5.04. The summed E-state index contributed by atoms with van der Waals surface area (Å²) in [6, 6.07) is 0. The predicted molar refractivity (Wildman–Crippen MR) is 110 cm³/mol. The quantitative estimate of drug-likeness (QED) is 0.723. The average molecular weight is 363 g/mol. The fraction of sp³-hybridized carbons (Fsp3) is 0.636. The lowest BCUT2D eigenvalue weighted by Crippen LogP contribution is -2.58. The van der Waals surface area contributed by atoms with Gasteiger partial charge in [-0.25, -0.2) is 0 Å². The Balaban J connectivity index is 2.68. The van der Waals surface area contributed by atoms with Gasteiger partial charge in [-0.1, -0.05) is 89.1 Å². The summed E-state index contributed by atoms with van der Waals surface area (Å²) < 4.78 is -1.05. The number of rotatable bonds is 2. The van der Waals surface area contributed by atoms with Gasteiger partial charge in [0.05, 0.1) is 21.7 Å². The van der Waals surface area contributed by atoms with Crippen molar-refractivity contribution in [1.82, 2.24) is 0 Å². The van der Waals surface area contributed by atoms with Crippen molar-refractivity contribution in [3.05, 3.63) is 47.6 Å². The third-order valence-electron chi connectivity index (χ3n) is 5.53. The van der Waals surface area contributed by atoms with Crippen LogP contribution in [0.4, 0.5) is 0 Å². The second kappa shape index (κ2) is 6.44. The first-order chi connectivity index (χ1) is 11.3. The number of aliphatic hydroxyl groups is 2. The summed E-state index contributed by atoms with van der Waals surface area (Å²) in [6.07, 6.45) is 10.9. The molecule has 4 unspecified atom stereocenters. The van der Waals surface area contributed by atoms with E-state index in [9.17, 15) is 10.2 Å². The van der Waals surface area contributed by atoms with Crippen LogP contribution < -0.4 is 0 Å². The Morgan fingerprint density at radius 3 is 1.36 bits per heavy atom. The molecule has 0 saturated carbocycles. The third kappa shape index (κ3) is 3.43. The number of thioether (sulfide) groups is 1. The maximum atomic E-state index is 11.1. The lowest BCUT2D eigenvalue weighted by Gasteiger charge is -2.56. The maximum Gasteiger partial charge on any atom is 0.0911 e. The van der Waals surface area contributed by atoms with Crippen molar-refractivity contribution in [3.8, 4) is 0 Å². The van der Waals surface area contributed by atoms with Crippen molar-refractivity contribution in [3.63, 3.8) is 0 Å². The lowest BCUT2D eigenvalue weighted by atomic mass is 9.72. The molecule has 3 heteroatoms. The van der Waals surface area contributed by atoms with Crippen molar-refractivity contribution < 1.29 is 10.2 Å². The highest BCUT2D eigenvalue weighted by atomic mass is 32.2. The van der Waals surface area contributed by atoms with E-state index in [0.717, 1.165) is 11.1 Å². The standard InChI is InChI=1S/C22H34O2S/c1-15-9-11-17(23)21(13-15,19(3,4)5)25-22(20(6,7)8)14-16(2)10-12-18(22)24/h9-14,17-18,23-24H,1-8H3. The Labute approximate surface area is 157 Å². The highest BCUT2D eigenvalue weighted by Crippen LogP contribution is 2.59. The summed E-state index contributed by atoms with van der Waals surface area (Å²) in [5, 5.41) is 22.1. The van der Waals surface area contributed by atoms with E-state index in [1.165, 1.54) is 0 Å². The minimum Gasteiger partial charge on any atom is -0.387 e. The zero-order chi connectivity index (χ0) is 19.3. The van der Waals surface area contributed by atoms with E-state index in [1.54, 1.807) is 11.8 Å². The minimum absolute atomic E-state index is 0.190. The van der Waals surface area contributed by atoms with Crippen LogP contribution in [0.2, 0.25) is 0 Å². The van der Waals surface area contributed by atoms with Gasteiger partial charge < -0.3 is 10.2 Å². The monoisotopic (exact) mass is 362 g/mol. The molecular weight excluding hydrogens is 328 g/mol. The van der Waals surface area contributed by atoms with E-state index in [1.807, 2.05) is 24.3 Å². The van der Waals surface area contributed by atoms with E-state index in [0.29, 0.717) is 0 Å². The first-order valence-corrected chi connectivity index (χ1v) is 9.88. The van der Waals surface area contributed by atoms with Gasteiger partial charge >= 0.3 is 0 Å². The van der Waals surface area contributed by atoms with Gasteiger partial charge in [-0.15, -0.1) is 11.8 Å². The van der Waals surface area contributed by atoms with Crippen LogP contribution in [0.5, 0.6) is 0 Å². The van der Waals surface area contributed by atoms with Gasteiger partial charge in [0, 0.05) is 0 Å². The van der Waals surface area contributed by atoms with E-state index in [4.69, 9.17) is 0 Å². The maximum absolute atomic E-state index is 11.1. The zero-order valence-electron chi connectivity index (χ0n) is 16.9. The second-order valence-corrected chi connectivity index (χ2v) is 11.1. The van der Waals surface area contributed by atoms with E-state index in [2.05, 4.69) is 67.5 Å². The second-order valence-electron chi connectivity index (χ2n) is 9.57. The van der Waals surface area contributed by atoms with Gasteiger partial charge in [-0.2, -0.15) is 0 Å². The molecule has 0 spiro atoms. The number of allylic oxidation sites excluding steroid dienone is 4. The Morgan fingerprint density at radius 2 is 1.08 bits per heavy atom. The van der Waals surface area contributed by atoms with Gasteiger partial charge in [0.1, 0.15) is 0 Å². The molecule has 2 aliphatic carbocycles. The third-order valence-corrected chi connectivity index (χ3v) is 8.15. The SMILES string of the molecule is CC1=CC(SC2(C(C)(C)C)C=C(C)C=CC2O)(C(C)(C)C)C(O)C=C1. The summed E-state index contributed by atoms with van der Waals surface area (Å²) >= 11 is 1.72. The Kier molecular flexibility index (Phi) is 5.29. The normalized spacial score (nSPS) is 36.2. The average Bonchev–Trinajstić information content (AvgIpc) is 2.44. The molecule has 140 valence electrons. The van der Waals surface area contributed by atoms with Crippen LogP contribution in [0.3, 0.4) is 0 Å². The molecule has 0 aromatic heterocycles. The van der Waals surface area contributed by atoms with Gasteiger partial charge in [0.25, 0.3) is 0 Å².